The number of rotatable bonds is 2. The average molecular weight is 142 g/mol. The van der Waals surface area contributed by atoms with Gasteiger partial charge in [0.1, 0.15) is 0 Å². The normalized spacial score (nSPS) is 34.2. The lowest BCUT2D eigenvalue weighted by molar-refractivity contribution is -0.0517. The molecule has 1 aliphatic heterocycles. The molecule has 0 spiro atoms. The first-order chi connectivity index (χ1) is 4.86. The van der Waals surface area contributed by atoms with E-state index in [9.17, 15) is 0 Å². The maximum absolute atomic E-state index is 5.78. The molecule has 0 aromatic heterocycles. The van der Waals surface area contributed by atoms with Crippen LogP contribution in [0.4, 0.5) is 0 Å². The highest BCUT2D eigenvalue weighted by atomic mass is 16.5. The molecule has 0 amide bonds. The van der Waals surface area contributed by atoms with E-state index in [2.05, 4.69) is 13.8 Å². The highest BCUT2D eigenvalue weighted by Gasteiger charge is 2.18. The number of ether oxygens (including phenoxy) is 1. The first-order valence-electron chi connectivity index (χ1n) is 4.52. The van der Waals surface area contributed by atoms with Crippen LogP contribution < -0.4 is 0 Å². The monoisotopic (exact) mass is 142 g/mol. The Morgan fingerprint density at radius 3 is 2.00 bits per heavy atom. The summed E-state index contributed by atoms with van der Waals surface area (Å²) in [4.78, 5) is 0. The quantitative estimate of drug-likeness (QED) is 0.576. The van der Waals surface area contributed by atoms with Crippen molar-refractivity contribution >= 4 is 0 Å². The van der Waals surface area contributed by atoms with Crippen LogP contribution in [0.15, 0.2) is 0 Å². The second-order valence-corrected chi connectivity index (χ2v) is 3.13. The Hall–Kier alpha value is -0.0400. The van der Waals surface area contributed by atoms with Gasteiger partial charge in [-0.3, -0.25) is 0 Å². The summed E-state index contributed by atoms with van der Waals surface area (Å²) >= 11 is 0. The van der Waals surface area contributed by atoms with E-state index in [-0.39, 0.29) is 0 Å². The van der Waals surface area contributed by atoms with Crippen LogP contribution in [0.3, 0.4) is 0 Å². The minimum absolute atomic E-state index is 0.568. The van der Waals surface area contributed by atoms with E-state index >= 15 is 0 Å². The third-order valence-electron chi connectivity index (χ3n) is 2.35. The average Bonchev–Trinajstić information content (AvgIpc) is 2.05. The standard InChI is InChI=1S/C9H18O/c1-3-8-6-5-7-9(4-2)10-8/h8-9H,3-7H2,1-2H3. The first-order valence-corrected chi connectivity index (χ1v) is 4.52. The van der Waals surface area contributed by atoms with Crippen LogP contribution in [0, 0.1) is 0 Å². The van der Waals surface area contributed by atoms with Gasteiger partial charge in [-0.05, 0) is 32.1 Å². The maximum Gasteiger partial charge on any atom is 0.0576 e. The summed E-state index contributed by atoms with van der Waals surface area (Å²) < 4.78 is 5.78. The third kappa shape index (κ3) is 1.98. The highest BCUT2D eigenvalue weighted by Crippen LogP contribution is 2.22. The zero-order chi connectivity index (χ0) is 7.40. The van der Waals surface area contributed by atoms with E-state index in [1.165, 1.54) is 32.1 Å². The summed E-state index contributed by atoms with van der Waals surface area (Å²) in [5.74, 6) is 0. The van der Waals surface area contributed by atoms with Gasteiger partial charge < -0.3 is 4.74 Å². The second-order valence-electron chi connectivity index (χ2n) is 3.13. The van der Waals surface area contributed by atoms with Crippen molar-refractivity contribution in [3.63, 3.8) is 0 Å². The lowest BCUT2D eigenvalue weighted by atomic mass is 10.0. The van der Waals surface area contributed by atoms with Crippen molar-refractivity contribution in [2.75, 3.05) is 0 Å². The van der Waals surface area contributed by atoms with Crippen LogP contribution in [0.1, 0.15) is 46.0 Å². The van der Waals surface area contributed by atoms with Gasteiger partial charge in [-0.2, -0.15) is 0 Å². The molecule has 1 rings (SSSR count). The smallest absolute Gasteiger partial charge is 0.0576 e. The molecule has 2 atom stereocenters. The first kappa shape index (κ1) is 8.06. The number of hydrogen-bond donors (Lipinski definition) is 0. The highest BCUT2D eigenvalue weighted by molar-refractivity contribution is 4.68. The SMILES string of the molecule is CCC1CCCC(CC)O1. The molecular weight excluding hydrogens is 124 g/mol. The molecule has 0 aromatic rings. The zero-order valence-corrected chi connectivity index (χ0v) is 7.10. The molecule has 1 fully saturated rings. The topological polar surface area (TPSA) is 9.23 Å². The summed E-state index contributed by atoms with van der Waals surface area (Å²) in [6, 6.07) is 0. The molecule has 2 unspecified atom stereocenters. The second kappa shape index (κ2) is 3.97. The third-order valence-corrected chi connectivity index (χ3v) is 2.35. The van der Waals surface area contributed by atoms with Crippen molar-refractivity contribution in [2.45, 2.75) is 58.2 Å². The van der Waals surface area contributed by atoms with E-state index in [1.54, 1.807) is 0 Å². The van der Waals surface area contributed by atoms with Crippen LogP contribution in [-0.4, -0.2) is 12.2 Å². The van der Waals surface area contributed by atoms with Gasteiger partial charge in [-0.15, -0.1) is 0 Å². The molecule has 1 heterocycles. The Balaban J connectivity index is 2.25. The number of hydrogen-bond acceptors (Lipinski definition) is 1. The molecule has 10 heavy (non-hydrogen) atoms. The van der Waals surface area contributed by atoms with Crippen LogP contribution >= 0.6 is 0 Å². The largest absolute Gasteiger partial charge is 0.375 e. The van der Waals surface area contributed by atoms with E-state index in [4.69, 9.17) is 4.74 Å². The molecular formula is C9H18O. The summed E-state index contributed by atoms with van der Waals surface area (Å²) in [6.45, 7) is 4.42. The Bertz CT molecular complexity index is 80.7. The van der Waals surface area contributed by atoms with Crippen LogP contribution in [0.2, 0.25) is 0 Å². The summed E-state index contributed by atoms with van der Waals surface area (Å²) in [5.41, 5.74) is 0. The van der Waals surface area contributed by atoms with Crippen molar-refractivity contribution in [3.8, 4) is 0 Å². The molecule has 0 saturated carbocycles. The van der Waals surface area contributed by atoms with E-state index in [0.29, 0.717) is 12.2 Å². The van der Waals surface area contributed by atoms with Gasteiger partial charge in [-0.1, -0.05) is 13.8 Å². The molecule has 0 N–H and O–H groups in total. The minimum atomic E-state index is 0.568. The van der Waals surface area contributed by atoms with Crippen LogP contribution in [0.25, 0.3) is 0 Å². The van der Waals surface area contributed by atoms with E-state index < -0.39 is 0 Å². The Morgan fingerprint density at radius 1 is 1.10 bits per heavy atom. The molecule has 1 heteroatoms. The molecule has 0 radical (unpaired) electrons. The fourth-order valence-electron chi connectivity index (χ4n) is 1.58. The van der Waals surface area contributed by atoms with E-state index in [0.717, 1.165) is 0 Å². The minimum Gasteiger partial charge on any atom is -0.375 e. The lowest BCUT2D eigenvalue weighted by Gasteiger charge is -2.28. The van der Waals surface area contributed by atoms with Gasteiger partial charge in [0, 0.05) is 0 Å². The van der Waals surface area contributed by atoms with Crippen molar-refractivity contribution < 1.29 is 4.74 Å². The Kier molecular flexibility index (Phi) is 3.20. The van der Waals surface area contributed by atoms with Gasteiger partial charge in [0.25, 0.3) is 0 Å². The zero-order valence-electron chi connectivity index (χ0n) is 7.10. The van der Waals surface area contributed by atoms with Crippen LogP contribution in [0.5, 0.6) is 0 Å². The van der Waals surface area contributed by atoms with Crippen molar-refractivity contribution in [1.29, 1.82) is 0 Å². The van der Waals surface area contributed by atoms with E-state index in [1.807, 2.05) is 0 Å². The van der Waals surface area contributed by atoms with Crippen LogP contribution in [-0.2, 0) is 4.74 Å². The molecule has 0 aliphatic carbocycles. The molecule has 1 aliphatic rings. The fourth-order valence-corrected chi connectivity index (χ4v) is 1.58. The maximum atomic E-state index is 5.78. The van der Waals surface area contributed by atoms with Gasteiger partial charge in [0.05, 0.1) is 12.2 Å². The lowest BCUT2D eigenvalue weighted by Crippen LogP contribution is -2.26. The van der Waals surface area contributed by atoms with Gasteiger partial charge in [-0.25, -0.2) is 0 Å². The summed E-state index contributed by atoms with van der Waals surface area (Å²) in [6.07, 6.45) is 7.46. The molecule has 0 bridgehead atoms. The summed E-state index contributed by atoms with van der Waals surface area (Å²) in [5, 5.41) is 0. The Labute approximate surface area is 63.8 Å². The fraction of sp³-hybridized carbons (Fsp3) is 1.00. The van der Waals surface area contributed by atoms with Gasteiger partial charge in [0.2, 0.25) is 0 Å². The van der Waals surface area contributed by atoms with Crippen molar-refractivity contribution in [1.82, 2.24) is 0 Å². The van der Waals surface area contributed by atoms with Crippen molar-refractivity contribution in [2.24, 2.45) is 0 Å². The van der Waals surface area contributed by atoms with Crippen molar-refractivity contribution in [3.05, 3.63) is 0 Å². The Morgan fingerprint density at radius 2 is 1.60 bits per heavy atom. The predicted molar refractivity (Wildman–Crippen MR) is 43.1 cm³/mol. The van der Waals surface area contributed by atoms with Gasteiger partial charge in [0.15, 0.2) is 0 Å². The van der Waals surface area contributed by atoms with Gasteiger partial charge >= 0.3 is 0 Å². The molecule has 0 aromatic carbocycles. The predicted octanol–water partition coefficient (Wildman–Crippen LogP) is 2.74. The summed E-state index contributed by atoms with van der Waals surface area (Å²) in [7, 11) is 0. The molecule has 60 valence electrons. The molecule has 1 saturated heterocycles. The molecule has 1 nitrogen and oxygen atoms in total.